The van der Waals surface area contributed by atoms with Gasteiger partial charge in [-0.2, -0.15) is 0 Å². The summed E-state index contributed by atoms with van der Waals surface area (Å²) in [5.41, 5.74) is 0.884. The van der Waals surface area contributed by atoms with E-state index in [9.17, 15) is 28.3 Å². The number of carbonyl (C=O) groups is 3. The Morgan fingerprint density at radius 3 is 2.79 bits per heavy atom. The van der Waals surface area contributed by atoms with Crippen LogP contribution in [0, 0.1) is 11.3 Å². The highest BCUT2D eigenvalue weighted by Gasteiger charge is 2.53. The summed E-state index contributed by atoms with van der Waals surface area (Å²) < 4.78 is 40.1. The first-order valence-corrected chi connectivity index (χ1v) is 14.5. The van der Waals surface area contributed by atoms with Gasteiger partial charge in [0.25, 0.3) is 12.3 Å². The van der Waals surface area contributed by atoms with E-state index in [0.717, 1.165) is 23.1 Å². The Labute approximate surface area is 245 Å². The van der Waals surface area contributed by atoms with Crippen molar-refractivity contribution < 1.29 is 37.7 Å². The zero-order chi connectivity index (χ0) is 29.8. The van der Waals surface area contributed by atoms with Gasteiger partial charge in [-0.15, -0.1) is 5.10 Å². The number of benzene rings is 1. The fraction of sp³-hybridized carbons (Fsp3) is 0.607. The summed E-state index contributed by atoms with van der Waals surface area (Å²) in [5, 5.41) is 17.8. The molecule has 0 unspecified atom stereocenters. The van der Waals surface area contributed by atoms with E-state index in [2.05, 4.69) is 10.3 Å². The zero-order valence-electron chi connectivity index (χ0n) is 23.1. The third-order valence-electron chi connectivity index (χ3n) is 9.01. The molecule has 1 aromatic carbocycles. The van der Waals surface area contributed by atoms with Gasteiger partial charge in [0, 0.05) is 50.3 Å². The van der Waals surface area contributed by atoms with Crippen molar-refractivity contribution in [2.75, 3.05) is 26.2 Å². The maximum atomic E-state index is 14.0. The molecule has 14 heteroatoms. The number of aliphatic carboxylic acids is 1. The Kier molecular flexibility index (Phi) is 7.58. The molecule has 226 valence electrons. The average Bonchev–Trinajstić information content (AvgIpc) is 3.49. The summed E-state index contributed by atoms with van der Waals surface area (Å²) in [6.07, 6.45) is -0.371. The van der Waals surface area contributed by atoms with Crippen LogP contribution in [0.25, 0.3) is 0 Å². The first-order chi connectivity index (χ1) is 20.1. The van der Waals surface area contributed by atoms with Crippen molar-refractivity contribution in [2.24, 2.45) is 18.4 Å². The van der Waals surface area contributed by atoms with Gasteiger partial charge < -0.3 is 24.4 Å². The molecule has 1 N–H and O–H groups in total. The highest BCUT2D eigenvalue weighted by Crippen LogP contribution is 2.54. The average molecular weight is 608 g/mol. The van der Waals surface area contributed by atoms with Crippen molar-refractivity contribution in [3.05, 3.63) is 39.7 Å². The third-order valence-corrected chi connectivity index (χ3v) is 9.36. The minimum Gasteiger partial charge on any atom is -0.487 e. The smallest absolute Gasteiger partial charge is 0.309 e. The summed E-state index contributed by atoms with van der Waals surface area (Å²) in [5.74, 6) is -2.25. The molecule has 42 heavy (non-hydrogen) atoms. The van der Waals surface area contributed by atoms with Crippen LogP contribution in [-0.4, -0.2) is 80.0 Å². The number of rotatable bonds is 8. The highest BCUT2D eigenvalue weighted by molar-refractivity contribution is 6.31. The number of carboxylic acid groups (broad SMARTS) is 1. The van der Waals surface area contributed by atoms with Gasteiger partial charge in [0.2, 0.25) is 5.91 Å². The first-order valence-electron chi connectivity index (χ1n) is 14.1. The van der Waals surface area contributed by atoms with Gasteiger partial charge in [0.05, 0.1) is 12.0 Å². The number of hydrogen-bond acceptors (Lipinski definition) is 7. The van der Waals surface area contributed by atoms with Crippen LogP contribution in [0.5, 0.6) is 5.75 Å². The Bertz CT molecular complexity index is 1420. The summed E-state index contributed by atoms with van der Waals surface area (Å²) in [6.45, 7) is 0.937. The molecule has 0 bridgehead atoms. The molecule has 3 aliphatic heterocycles. The van der Waals surface area contributed by atoms with Crippen molar-refractivity contribution in [1.29, 1.82) is 0 Å². The number of hydrogen-bond donors (Lipinski definition) is 1. The van der Waals surface area contributed by atoms with Gasteiger partial charge in [-0.05, 0) is 55.2 Å². The topological polar surface area (TPSA) is 127 Å². The number of aryl methyl sites for hydroxylation is 1. The molecule has 1 aromatic heterocycles. The van der Waals surface area contributed by atoms with Gasteiger partial charge in [-0.25, -0.2) is 13.5 Å². The predicted molar refractivity (Wildman–Crippen MR) is 143 cm³/mol. The number of likely N-dealkylation sites (tertiary alicyclic amines) is 1. The normalized spacial score (nSPS) is 24.8. The summed E-state index contributed by atoms with van der Waals surface area (Å²) >= 11 is 6.64. The van der Waals surface area contributed by atoms with E-state index in [4.69, 9.17) is 21.1 Å². The number of carbonyl (C=O) groups excluding carboxylic acids is 2. The first kappa shape index (κ1) is 28.8. The number of ether oxygens (including phenoxy) is 2. The SMILES string of the molecule is Cn1nnc(COc2ccc(Cl)c3c2[C@@H](CN2CC4(CC4)CC2=O)N(C(=O)[C@@H]2OCCC[C@@H]2C(=O)O)CC3)c1C(F)F. The maximum absolute atomic E-state index is 14.0. The summed E-state index contributed by atoms with van der Waals surface area (Å²) in [7, 11) is 1.37. The summed E-state index contributed by atoms with van der Waals surface area (Å²) in [4.78, 5) is 42.5. The molecule has 2 aromatic rings. The predicted octanol–water partition coefficient (Wildman–Crippen LogP) is 3.30. The summed E-state index contributed by atoms with van der Waals surface area (Å²) in [6, 6.07) is 2.55. The molecule has 11 nitrogen and oxygen atoms in total. The molecule has 1 saturated carbocycles. The van der Waals surface area contributed by atoms with Crippen LogP contribution < -0.4 is 4.74 Å². The Balaban J connectivity index is 1.36. The van der Waals surface area contributed by atoms with Crippen LogP contribution in [0.3, 0.4) is 0 Å². The van der Waals surface area contributed by atoms with Crippen molar-refractivity contribution in [2.45, 2.75) is 63.7 Å². The van der Waals surface area contributed by atoms with E-state index in [1.807, 2.05) is 0 Å². The van der Waals surface area contributed by atoms with Gasteiger partial charge in [-0.1, -0.05) is 16.8 Å². The number of alkyl halides is 2. The highest BCUT2D eigenvalue weighted by atomic mass is 35.5. The number of carboxylic acids is 1. The molecule has 1 spiro atoms. The number of fused-ring (bicyclic) bond motifs is 1. The van der Waals surface area contributed by atoms with Crippen LogP contribution >= 0.6 is 11.6 Å². The second kappa shape index (κ2) is 11.1. The lowest BCUT2D eigenvalue weighted by Crippen LogP contribution is -2.53. The molecule has 0 radical (unpaired) electrons. The number of halogens is 3. The van der Waals surface area contributed by atoms with Crippen LogP contribution in [0.15, 0.2) is 12.1 Å². The number of nitrogens with zero attached hydrogens (tertiary/aromatic N) is 5. The minimum atomic E-state index is -2.81. The molecule has 6 rings (SSSR count). The van der Waals surface area contributed by atoms with E-state index in [-0.39, 0.29) is 49.0 Å². The van der Waals surface area contributed by atoms with Crippen LogP contribution in [0.1, 0.15) is 67.1 Å². The van der Waals surface area contributed by atoms with Gasteiger partial charge in [0.15, 0.2) is 0 Å². The van der Waals surface area contributed by atoms with Gasteiger partial charge in [-0.3, -0.25) is 14.4 Å². The van der Waals surface area contributed by atoms with Crippen molar-refractivity contribution in [3.63, 3.8) is 0 Å². The van der Waals surface area contributed by atoms with Gasteiger partial charge >= 0.3 is 5.97 Å². The zero-order valence-corrected chi connectivity index (χ0v) is 23.9. The van der Waals surface area contributed by atoms with E-state index in [0.29, 0.717) is 48.6 Å². The van der Waals surface area contributed by atoms with E-state index in [1.165, 1.54) is 7.05 Å². The monoisotopic (exact) mass is 607 g/mol. The molecular formula is C28H32ClF2N5O6. The second-order valence-corrected chi connectivity index (χ2v) is 12.1. The van der Waals surface area contributed by atoms with Crippen LogP contribution in [0.2, 0.25) is 5.02 Å². The lowest BCUT2D eigenvalue weighted by molar-refractivity contribution is -0.166. The van der Waals surface area contributed by atoms with Crippen molar-refractivity contribution in [3.8, 4) is 5.75 Å². The lowest BCUT2D eigenvalue weighted by atomic mass is 9.88. The minimum absolute atomic E-state index is 0.00465. The van der Waals surface area contributed by atoms with Crippen molar-refractivity contribution in [1.82, 2.24) is 24.8 Å². The fourth-order valence-corrected chi connectivity index (χ4v) is 6.85. The fourth-order valence-electron chi connectivity index (χ4n) is 6.59. The lowest BCUT2D eigenvalue weighted by Gasteiger charge is -2.42. The molecule has 4 aliphatic rings. The van der Waals surface area contributed by atoms with E-state index < -0.39 is 36.4 Å². The van der Waals surface area contributed by atoms with Crippen LogP contribution in [-0.2, 0) is 39.2 Å². The molecule has 2 saturated heterocycles. The maximum Gasteiger partial charge on any atom is 0.309 e. The van der Waals surface area contributed by atoms with Crippen molar-refractivity contribution >= 4 is 29.4 Å². The molecule has 3 fully saturated rings. The largest absolute Gasteiger partial charge is 0.487 e. The number of aromatic nitrogens is 3. The molecular weight excluding hydrogens is 576 g/mol. The van der Waals surface area contributed by atoms with E-state index >= 15 is 0 Å². The quantitative estimate of drug-likeness (QED) is 0.484. The molecule has 1 aliphatic carbocycles. The molecule has 2 amide bonds. The Morgan fingerprint density at radius 2 is 2.10 bits per heavy atom. The van der Waals surface area contributed by atoms with Gasteiger partial charge in [0.1, 0.15) is 29.8 Å². The second-order valence-electron chi connectivity index (χ2n) is 11.7. The Morgan fingerprint density at radius 1 is 1.31 bits per heavy atom. The van der Waals surface area contributed by atoms with E-state index in [1.54, 1.807) is 21.9 Å². The molecule has 4 heterocycles. The third kappa shape index (κ3) is 5.21. The Hall–Kier alpha value is -3.32. The van der Waals surface area contributed by atoms with Crippen LogP contribution in [0.4, 0.5) is 8.78 Å². The standard InChI is InChI=1S/C28H32ClF2N5O6/c1-34-23(25(30)31)18(32-33-34)13-42-20-5-4-17(29)15-6-9-36(26(38)24-16(27(39)40)3-2-10-41-24)19(22(15)20)12-35-14-28(7-8-28)11-21(35)37/h4-5,16,19,24-25H,2-3,6-14H2,1H3,(H,39,40)/t16-,19+,24+/m0/s1. The molecule has 3 atom stereocenters. The number of amides is 2.